The van der Waals surface area contributed by atoms with Gasteiger partial charge in [0.15, 0.2) is 0 Å². The molecule has 0 aromatic carbocycles. The SMILES string of the molecule is CCCC1C=C(C)C(C)=C1.[H-].[Li+]. The molecule has 58 valence electrons. The van der Waals surface area contributed by atoms with Crippen molar-refractivity contribution in [2.45, 2.75) is 33.6 Å². The van der Waals surface area contributed by atoms with Crippen LogP contribution in [0.15, 0.2) is 23.3 Å². The number of allylic oxidation sites excluding steroid dienone is 4. The summed E-state index contributed by atoms with van der Waals surface area (Å²) >= 11 is 0. The Hall–Kier alpha value is 0.0774. The molecule has 0 aliphatic heterocycles. The minimum Gasteiger partial charge on any atom is -1.00 e. The van der Waals surface area contributed by atoms with E-state index in [9.17, 15) is 0 Å². The molecule has 0 bridgehead atoms. The van der Waals surface area contributed by atoms with E-state index in [1.807, 2.05) is 0 Å². The third kappa shape index (κ3) is 2.89. The predicted octanol–water partition coefficient (Wildman–Crippen LogP) is 0.425. The summed E-state index contributed by atoms with van der Waals surface area (Å²) in [7, 11) is 0. The summed E-state index contributed by atoms with van der Waals surface area (Å²) in [5.41, 5.74) is 2.94. The maximum absolute atomic E-state index is 2.37. The van der Waals surface area contributed by atoms with Gasteiger partial charge in [-0.2, -0.15) is 0 Å². The van der Waals surface area contributed by atoms with Crippen molar-refractivity contribution in [1.29, 1.82) is 0 Å². The van der Waals surface area contributed by atoms with Gasteiger partial charge in [-0.3, -0.25) is 0 Å². The molecule has 1 heteroatoms. The first-order valence-electron chi connectivity index (χ1n) is 4.11. The number of rotatable bonds is 2. The van der Waals surface area contributed by atoms with Gasteiger partial charge in [-0.05, 0) is 26.2 Å². The normalized spacial score (nSPS) is 17.4. The standard InChI is InChI=1S/C10H16.Li.H/c1-4-5-10-6-8(2)9(3)7-10;;/h6-7,10H,4-5H2,1-3H3;;/q;+1;-1. The van der Waals surface area contributed by atoms with Crippen molar-refractivity contribution in [3.8, 4) is 0 Å². The quantitative estimate of drug-likeness (QED) is 0.493. The Morgan fingerprint density at radius 3 is 2.09 bits per heavy atom. The Bertz CT molecular complexity index is 164. The Morgan fingerprint density at radius 2 is 1.73 bits per heavy atom. The molecule has 11 heavy (non-hydrogen) atoms. The van der Waals surface area contributed by atoms with Crippen molar-refractivity contribution < 1.29 is 20.3 Å². The summed E-state index contributed by atoms with van der Waals surface area (Å²) in [6.45, 7) is 6.63. The smallest absolute Gasteiger partial charge is 1.00 e. The van der Waals surface area contributed by atoms with Gasteiger partial charge in [-0.15, -0.1) is 0 Å². The van der Waals surface area contributed by atoms with E-state index >= 15 is 0 Å². The van der Waals surface area contributed by atoms with Crippen molar-refractivity contribution in [2.24, 2.45) is 5.92 Å². The molecular formula is C10H17Li. The summed E-state index contributed by atoms with van der Waals surface area (Å²) in [5, 5.41) is 0. The van der Waals surface area contributed by atoms with Crippen molar-refractivity contribution in [2.75, 3.05) is 0 Å². The van der Waals surface area contributed by atoms with Gasteiger partial charge in [0.25, 0.3) is 0 Å². The fourth-order valence-electron chi connectivity index (χ4n) is 1.45. The first-order valence-corrected chi connectivity index (χ1v) is 4.11. The fourth-order valence-corrected chi connectivity index (χ4v) is 1.45. The molecule has 0 N–H and O–H groups in total. The van der Waals surface area contributed by atoms with Gasteiger partial charge in [0, 0.05) is 0 Å². The van der Waals surface area contributed by atoms with Crippen LogP contribution in [-0.2, 0) is 0 Å². The Morgan fingerprint density at radius 1 is 1.27 bits per heavy atom. The van der Waals surface area contributed by atoms with Crippen LogP contribution in [0.25, 0.3) is 0 Å². The van der Waals surface area contributed by atoms with Crippen molar-refractivity contribution in [3.63, 3.8) is 0 Å². The summed E-state index contributed by atoms with van der Waals surface area (Å²) in [6, 6.07) is 0. The van der Waals surface area contributed by atoms with E-state index in [2.05, 4.69) is 32.9 Å². The van der Waals surface area contributed by atoms with Gasteiger partial charge in [0.1, 0.15) is 0 Å². The van der Waals surface area contributed by atoms with Crippen LogP contribution in [0.4, 0.5) is 0 Å². The molecule has 0 unspecified atom stereocenters. The van der Waals surface area contributed by atoms with E-state index in [4.69, 9.17) is 0 Å². The van der Waals surface area contributed by atoms with Crippen molar-refractivity contribution >= 4 is 0 Å². The average molecular weight is 144 g/mol. The van der Waals surface area contributed by atoms with Gasteiger partial charge < -0.3 is 1.43 Å². The Kier molecular flexibility index (Phi) is 4.89. The van der Waals surface area contributed by atoms with Gasteiger partial charge in [0.05, 0.1) is 0 Å². The molecule has 0 aromatic rings. The first kappa shape index (κ1) is 11.1. The van der Waals surface area contributed by atoms with E-state index in [0.29, 0.717) is 0 Å². The van der Waals surface area contributed by atoms with Gasteiger partial charge in [-0.25, -0.2) is 0 Å². The third-order valence-electron chi connectivity index (χ3n) is 2.17. The fraction of sp³-hybridized carbons (Fsp3) is 0.600. The van der Waals surface area contributed by atoms with Gasteiger partial charge in [-0.1, -0.05) is 36.6 Å². The largest absolute Gasteiger partial charge is 1.00 e. The summed E-state index contributed by atoms with van der Waals surface area (Å²) in [5.74, 6) is 0.741. The summed E-state index contributed by atoms with van der Waals surface area (Å²) in [6.07, 6.45) is 7.35. The molecule has 0 nitrogen and oxygen atoms in total. The van der Waals surface area contributed by atoms with Gasteiger partial charge in [0.2, 0.25) is 0 Å². The van der Waals surface area contributed by atoms with Crippen LogP contribution in [0, 0.1) is 5.92 Å². The van der Waals surface area contributed by atoms with E-state index in [-0.39, 0.29) is 20.3 Å². The molecule has 0 saturated carbocycles. The first-order chi connectivity index (χ1) is 4.74. The Balaban J connectivity index is 0. The van der Waals surface area contributed by atoms with Crippen LogP contribution in [0.1, 0.15) is 35.0 Å². The van der Waals surface area contributed by atoms with Crippen LogP contribution < -0.4 is 18.9 Å². The molecule has 0 saturated heterocycles. The molecule has 0 spiro atoms. The van der Waals surface area contributed by atoms with E-state index < -0.39 is 0 Å². The maximum Gasteiger partial charge on any atom is 1.00 e. The van der Waals surface area contributed by atoms with E-state index in [1.165, 1.54) is 24.0 Å². The molecule has 0 aromatic heterocycles. The third-order valence-corrected chi connectivity index (χ3v) is 2.17. The zero-order valence-corrected chi connectivity index (χ0v) is 8.15. The van der Waals surface area contributed by atoms with Crippen LogP contribution in [0.2, 0.25) is 0 Å². The van der Waals surface area contributed by atoms with Crippen LogP contribution >= 0.6 is 0 Å². The van der Waals surface area contributed by atoms with Gasteiger partial charge >= 0.3 is 18.9 Å². The molecule has 1 rings (SSSR count). The minimum absolute atomic E-state index is 0. The van der Waals surface area contributed by atoms with E-state index in [1.54, 1.807) is 0 Å². The number of hydrogen-bond acceptors (Lipinski definition) is 0. The summed E-state index contributed by atoms with van der Waals surface area (Å²) < 4.78 is 0. The number of hydrogen-bond donors (Lipinski definition) is 0. The molecule has 0 heterocycles. The Labute approximate surface area is 83.4 Å². The molecule has 0 amide bonds. The molecule has 0 atom stereocenters. The second-order valence-corrected chi connectivity index (χ2v) is 3.15. The van der Waals surface area contributed by atoms with Crippen molar-refractivity contribution in [3.05, 3.63) is 23.3 Å². The molecule has 1 aliphatic carbocycles. The topological polar surface area (TPSA) is 0 Å². The zero-order chi connectivity index (χ0) is 7.56. The summed E-state index contributed by atoms with van der Waals surface area (Å²) in [4.78, 5) is 0. The van der Waals surface area contributed by atoms with Crippen molar-refractivity contribution in [1.82, 2.24) is 0 Å². The second-order valence-electron chi connectivity index (χ2n) is 3.15. The molecule has 0 radical (unpaired) electrons. The molecule has 1 aliphatic rings. The molecular weight excluding hydrogens is 127 g/mol. The maximum atomic E-state index is 2.37. The van der Waals surface area contributed by atoms with Crippen LogP contribution in [0.5, 0.6) is 0 Å². The van der Waals surface area contributed by atoms with E-state index in [0.717, 1.165) is 5.92 Å². The second kappa shape index (κ2) is 4.86. The molecule has 0 fully saturated rings. The minimum atomic E-state index is 0. The zero-order valence-electron chi connectivity index (χ0n) is 9.15. The average Bonchev–Trinajstić information content (AvgIpc) is 2.14. The predicted molar refractivity (Wildman–Crippen MR) is 47.0 cm³/mol. The monoisotopic (exact) mass is 144 g/mol. The van der Waals surface area contributed by atoms with Crippen LogP contribution in [0.3, 0.4) is 0 Å². The van der Waals surface area contributed by atoms with Crippen LogP contribution in [-0.4, -0.2) is 0 Å².